The lowest BCUT2D eigenvalue weighted by atomic mass is 9.92. The number of nitrogens with zero attached hydrogens (tertiary/aromatic N) is 4. The molecular formula is C61H40N4. The standard InChI is InChI=1S/C61H40N4/c1-5-18-41(19-6-1)46-24-17-25-47(36-46)50-38-48(42-20-7-2-8-21-42)37-49(39-50)43-32-34-45(35-33-43)60-62-59(44-22-9-3-10-23-44)63-61(64-60)55-40-57-58(53-29-14-13-28-52(53)55)54-30-15-16-31-56(54)65(57)51-26-11-4-12-27-51/h1-40H. The van der Waals surface area contributed by atoms with Crippen molar-refractivity contribution in [3.63, 3.8) is 0 Å². The van der Waals surface area contributed by atoms with Gasteiger partial charge in [-0.2, -0.15) is 0 Å². The molecule has 0 atom stereocenters. The Balaban J connectivity index is 1.01. The first-order chi connectivity index (χ1) is 32.2. The SMILES string of the molecule is c1ccc(-c2cccc(-c3cc(-c4ccccc4)cc(-c4ccc(-c5nc(-c6ccccc6)nc(-c6cc7c(c8ccccc68)c6ccccc6n7-c6ccccc6)n5)cc4)c3)c2)cc1. The first-order valence-electron chi connectivity index (χ1n) is 22.0. The van der Waals surface area contributed by atoms with Crippen molar-refractivity contribution in [2.24, 2.45) is 0 Å². The topological polar surface area (TPSA) is 43.6 Å². The van der Waals surface area contributed by atoms with Crippen LogP contribution in [0.3, 0.4) is 0 Å². The summed E-state index contributed by atoms with van der Waals surface area (Å²) < 4.78 is 2.36. The highest BCUT2D eigenvalue weighted by Crippen LogP contribution is 2.42. The van der Waals surface area contributed by atoms with Gasteiger partial charge in [-0.3, -0.25) is 0 Å². The van der Waals surface area contributed by atoms with Crippen molar-refractivity contribution >= 4 is 32.6 Å². The van der Waals surface area contributed by atoms with Crippen molar-refractivity contribution in [1.29, 1.82) is 0 Å². The molecule has 0 aliphatic heterocycles. The molecule has 4 heteroatoms. The monoisotopic (exact) mass is 828 g/mol. The maximum absolute atomic E-state index is 5.32. The van der Waals surface area contributed by atoms with E-state index in [9.17, 15) is 0 Å². The van der Waals surface area contributed by atoms with Gasteiger partial charge in [-0.1, -0.05) is 194 Å². The second-order valence-electron chi connectivity index (χ2n) is 16.4. The number of rotatable bonds is 8. The van der Waals surface area contributed by atoms with Crippen LogP contribution in [0.25, 0.3) is 117 Å². The number of aromatic nitrogens is 4. The van der Waals surface area contributed by atoms with E-state index in [1.54, 1.807) is 0 Å². The molecule has 0 aliphatic rings. The molecule has 0 unspecified atom stereocenters. The van der Waals surface area contributed by atoms with Gasteiger partial charge in [-0.05, 0) is 104 Å². The number of benzene rings is 10. The summed E-state index contributed by atoms with van der Waals surface area (Å²) in [6.45, 7) is 0. The lowest BCUT2D eigenvalue weighted by molar-refractivity contribution is 1.08. The van der Waals surface area contributed by atoms with Crippen molar-refractivity contribution in [2.45, 2.75) is 0 Å². The summed E-state index contributed by atoms with van der Waals surface area (Å²) >= 11 is 0. The zero-order valence-electron chi connectivity index (χ0n) is 35.4. The van der Waals surface area contributed by atoms with E-state index in [1.165, 1.54) is 33.0 Å². The van der Waals surface area contributed by atoms with E-state index in [2.05, 4.69) is 229 Å². The Hall–Kier alpha value is -8.73. The number of fused-ring (bicyclic) bond motifs is 5. The molecule has 0 radical (unpaired) electrons. The fraction of sp³-hybridized carbons (Fsp3) is 0. The van der Waals surface area contributed by atoms with E-state index >= 15 is 0 Å². The summed E-state index contributed by atoms with van der Waals surface area (Å²) in [7, 11) is 0. The van der Waals surface area contributed by atoms with E-state index in [1.807, 2.05) is 18.2 Å². The minimum atomic E-state index is 0.615. The molecule has 2 aromatic heterocycles. The molecule has 0 N–H and O–H groups in total. The van der Waals surface area contributed by atoms with E-state index in [0.717, 1.165) is 66.4 Å². The molecule has 4 nitrogen and oxygen atoms in total. The van der Waals surface area contributed by atoms with Gasteiger partial charge in [0.25, 0.3) is 0 Å². The lowest BCUT2D eigenvalue weighted by Crippen LogP contribution is -2.01. The summed E-state index contributed by atoms with van der Waals surface area (Å²) in [5, 5.41) is 4.66. The first-order valence-corrected chi connectivity index (χ1v) is 22.0. The zero-order chi connectivity index (χ0) is 43.1. The minimum absolute atomic E-state index is 0.615. The predicted octanol–water partition coefficient (Wildman–Crippen LogP) is 15.8. The van der Waals surface area contributed by atoms with Gasteiger partial charge in [-0.15, -0.1) is 0 Å². The molecule has 12 aromatic rings. The largest absolute Gasteiger partial charge is 0.309 e. The molecular weight excluding hydrogens is 789 g/mol. The fourth-order valence-electron chi connectivity index (χ4n) is 9.29. The molecule has 12 rings (SSSR count). The van der Waals surface area contributed by atoms with Gasteiger partial charge in [-0.25, -0.2) is 15.0 Å². The molecule has 304 valence electrons. The molecule has 0 aliphatic carbocycles. The second-order valence-corrected chi connectivity index (χ2v) is 16.4. The van der Waals surface area contributed by atoms with Crippen molar-refractivity contribution < 1.29 is 0 Å². The highest BCUT2D eigenvalue weighted by Gasteiger charge is 2.21. The summed E-state index contributed by atoms with van der Waals surface area (Å²) in [5.41, 5.74) is 15.4. The maximum Gasteiger partial charge on any atom is 0.164 e. The Morgan fingerprint density at radius 2 is 0.646 bits per heavy atom. The van der Waals surface area contributed by atoms with E-state index in [4.69, 9.17) is 15.0 Å². The van der Waals surface area contributed by atoms with E-state index in [-0.39, 0.29) is 0 Å². The Bertz CT molecular complexity index is 3670. The normalized spacial score (nSPS) is 11.4. The minimum Gasteiger partial charge on any atom is -0.309 e. The van der Waals surface area contributed by atoms with Gasteiger partial charge >= 0.3 is 0 Å². The average Bonchev–Trinajstić information content (AvgIpc) is 3.74. The number of hydrogen-bond donors (Lipinski definition) is 0. The number of para-hydroxylation sites is 2. The van der Waals surface area contributed by atoms with Crippen molar-refractivity contribution in [3.05, 3.63) is 243 Å². The van der Waals surface area contributed by atoms with Crippen molar-refractivity contribution in [1.82, 2.24) is 19.5 Å². The average molecular weight is 829 g/mol. The Kier molecular flexibility index (Phi) is 9.46. The van der Waals surface area contributed by atoms with Gasteiger partial charge in [0, 0.05) is 33.2 Å². The van der Waals surface area contributed by atoms with Crippen molar-refractivity contribution in [3.8, 4) is 84.4 Å². The van der Waals surface area contributed by atoms with Gasteiger partial charge in [0.05, 0.1) is 11.0 Å². The van der Waals surface area contributed by atoms with E-state index in [0.29, 0.717) is 17.5 Å². The molecule has 0 saturated carbocycles. The third-order valence-electron chi connectivity index (χ3n) is 12.4. The third kappa shape index (κ3) is 7.04. The van der Waals surface area contributed by atoms with Crippen LogP contribution in [0.1, 0.15) is 0 Å². The molecule has 0 amide bonds. The zero-order valence-corrected chi connectivity index (χ0v) is 35.4. The quantitative estimate of drug-likeness (QED) is 0.153. The Labute approximate surface area is 377 Å². The lowest BCUT2D eigenvalue weighted by Gasteiger charge is -2.14. The van der Waals surface area contributed by atoms with Crippen LogP contribution in [0.4, 0.5) is 0 Å². The van der Waals surface area contributed by atoms with Gasteiger partial charge in [0.2, 0.25) is 0 Å². The molecule has 65 heavy (non-hydrogen) atoms. The summed E-state index contributed by atoms with van der Waals surface area (Å²) in [4.78, 5) is 15.7. The predicted molar refractivity (Wildman–Crippen MR) is 270 cm³/mol. The summed E-state index contributed by atoms with van der Waals surface area (Å²) in [6.07, 6.45) is 0. The van der Waals surface area contributed by atoms with Crippen LogP contribution in [-0.2, 0) is 0 Å². The third-order valence-corrected chi connectivity index (χ3v) is 12.4. The molecule has 0 saturated heterocycles. The Morgan fingerprint density at radius 3 is 1.28 bits per heavy atom. The van der Waals surface area contributed by atoms with E-state index < -0.39 is 0 Å². The molecule has 0 fully saturated rings. The van der Waals surface area contributed by atoms with Crippen LogP contribution >= 0.6 is 0 Å². The molecule has 0 bridgehead atoms. The van der Waals surface area contributed by atoms with Crippen LogP contribution in [0.5, 0.6) is 0 Å². The van der Waals surface area contributed by atoms with Crippen molar-refractivity contribution in [2.75, 3.05) is 0 Å². The summed E-state index contributed by atoms with van der Waals surface area (Å²) in [6, 6.07) is 85.9. The highest BCUT2D eigenvalue weighted by molar-refractivity contribution is 6.24. The highest BCUT2D eigenvalue weighted by atomic mass is 15.0. The molecule has 10 aromatic carbocycles. The van der Waals surface area contributed by atoms with Gasteiger partial charge < -0.3 is 4.57 Å². The van der Waals surface area contributed by atoms with Crippen LogP contribution < -0.4 is 0 Å². The van der Waals surface area contributed by atoms with Crippen LogP contribution in [0, 0.1) is 0 Å². The second kappa shape index (κ2) is 16.2. The van der Waals surface area contributed by atoms with Gasteiger partial charge in [0.1, 0.15) is 0 Å². The maximum atomic E-state index is 5.32. The number of hydrogen-bond acceptors (Lipinski definition) is 3. The van der Waals surface area contributed by atoms with Crippen LogP contribution in [0.2, 0.25) is 0 Å². The Morgan fingerprint density at radius 1 is 0.246 bits per heavy atom. The fourth-order valence-corrected chi connectivity index (χ4v) is 9.29. The first kappa shape index (κ1) is 38.0. The summed E-state index contributed by atoms with van der Waals surface area (Å²) in [5.74, 6) is 1.86. The molecule has 2 heterocycles. The smallest absolute Gasteiger partial charge is 0.164 e. The molecule has 0 spiro atoms. The van der Waals surface area contributed by atoms with Crippen LogP contribution in [0.15, 0.2) is 243 Å². The van der Waals surface area contributed by atoms with Crippen LogP contribution in [-0.4, -0.2) is 19.5 Å². The van der Waals surface area contributed by atoms with Gasteiger partial charge in [0.15, 0.2) is 17.5 Å².